The van der Waals surface area contributed by atoms with Gasteiger partial charge in [-0.15, -0.1) is 0 Å². The lowest BCUT2D eigenvalue weighted by Gasteiger charge is -2.44. The van der Waals surface area contributed by atoms with Crippen LogP contribution < -0.4 is 5.32 Å². The number of nitrogens with zero attached hydrogens (tertiary/aromatic N) is 1. The van der Waals surface area contributed by atoms with Gasteiger partial charge in [-0.3, -0.25) is 9.59 Å². The van der Waals surface area contributed by atoms with Crippen LogP contribution in [-0.4, -0.2) is 52.7 Å². The first kappa shape index (κ1) is 23.4. The van der Waals surface area contributed by atoms with Gasteiger partial charge in [-0.05, 0) is 61.3 Å². The van der Waals surface area contributed by atoms with E-state index < -0.39 is 23.5 Å². The Morgan fingerprint density at radius 1 is 1.03 bits per heavy atom. The number of piperidine rings is 1. The molecule has 0 aromatic heterocycles. The predicted octanol–water partition coefficient (Wildman–Crippen LogP) is 4.55. The smallest absolute Gasteiger partial charge is 0.407 e. The Morgan fingerprint density at radius 3 is 2.23 bits per heavy atom. The second kappa shape index (κ2) is 9.36. The number of benzene rings is 2. The minimum atomic E-state index is -0.857. The van der Waals surface area contributed by atoms with E-state index in [1.54, 1.807) is 4.90 Å². The molecule has 7 heteroatoms. The monoisotopic (exact) mass is 476 g/mol. The van der Waals surface area contributed by atoms with Gasteiger partial charge in [0.25, 0.3) is 0 Å². The van der Waals surface area contributed by atoms with Crippen molar-refractivity contribution in [2.45, 2.75) is 62.9 Å². The second-order valence-electron chi connectivity index (χ2n) is 10.3. The molecule has 2 fully saturated rings. The molecule has 2 unspecified atom stereocenters. The first-order valence-electron chi connectivity index (χ1n) is 12.5. The van der Waals surface area contributed by atoms with Crippen molar-refractivity contribution < 1.29 is 24.2 Å². The summed E-state index contributed by atoms with van der Waals surface area (Å²) >= 11 is 0. The Bertz CT molecular complexity index is 1100. The van der Waals surface area contributed by atoms with Crippen LogP contribution in [0.15, 0.2) is 48.5 Å². The maximum absolute atomic E-state index is 13.1. The molecule has 5 rings (SSSR count). The van der Waals surface area contributed by atoms with Crippen LogP contribution in [0.25, 0.3) is 11.1 Å². The van der Waals surface area contributed by atoms with E-state index in [9.17, 15) is 19.5 Å². The highest BCUT2D eigenvalue weighted by atomic mass is 16.5. The lowest BCUT2D eigenvalue weighted by Crippen LogP contribution is -2.58. The van der Waals surface area contributed by atoms with Gasteiger partial charge in [0.05, 0.1) is 17.9 Å². The maximum Gasteiger partial charge on any atom is 0.407 e. The molecule has 1 aliphatic heterocycles. The molecular weight excluding hydrogens is 444 g/mol. The zero-order chi connectivity index (χ0) is 24.6. The molecule has 1 heterocycles. The summed E-state index contributed by atoms with van der Waals surface area (Å²) in [7, 11) is 0. The maximum atomic E-state index is 13.1. The topological polar surface area (TPSA) is 95.9 Å². The molecule has 2 N–H and O–H groups in total. The molecule has 2 aliphatic carbocycles. The van der Waals surface area contributed by atoms with Crippen molar-refractivity contribution in [2.75, 3.05) is 13.2 Å². The van der Waals surface area contributed by atoms with Gasteiger partial charge >= 0.3 is 12.1 Å². The summed E-state index contributed by atoms with van der Waals surface area (Å²) in [5.41, 5.74) is 4.04. The number of aliphatic carboxylic acids is 1. The molecular formula is C28H32N2O5. The first-order valence-corrected chi connectivity index (χ1v) is 12.5. The number of likely N-dealkylation sites (tertiary alicyclic amines) is 1. The molecule has 2 aromatic carbocycles. The van der Waals surface area contributed by atoms with Gasteiger partial charge in [-0.2, -0.15) is 0 Å². The molecule has 3 aliphatic rings. The fourth-order valence-electron chi connectivity index (χ4n) is 5.85. The van der Waals surface area contributed by atoms with E-state index >= 15 is 0 Å². The normalized spacial score (nSPS) is 22.5. The second-order valence-corrected chi connectivity index (χ2v) is 10.3. The summed E-state index contributed by atoms with van der Waals surface area (Å²) in [6.07, 6.45) is 3.30. The Balaban J connectivity index is 1.22. The number of nitrogens with one attached hydrogen (secondary N) is 1. The fourth-order valence-corrected chi connectivity index (χ4v) is 5.85. The van der Waals surface area contributed by atoms with Crippen LogP contribution in [0.3, 0.4) is 0 Å². The zero-order valence-electron chi connectivity index (χ0n) is 20.0. The number of hydrogen-bond donors (Lipinski definition) is 2. The number of fused-ring (bicyclic) bond motifs is 3. The molecule has 1 saturated heterocycles. The molecule has 35 heavy (non-hydrogen) atoms. The minimum Gasteiger partial charge on any atom is -0.481 e. The average molecular weight is 477 g/mol. The lowest BCUT2D eigenvalue weighted by atomic mass is 9.74. The number of carboxylic acid groups (broad SMARTS) is 1. The first-order chi connectivity index (χ1) is 16.9. The van der Waals surface area contributed by atoms with Gasteiger partial charge in [-0.1, -0.05) is 48.5 Å². The number of carbonyl (C=O) groups is 3. The highest BCUT2D eigenvalue weighted by molar-refractivity contribution is 5.81. The van der Waals surface area contributed by atoms with Crippen molar-refractivity contribution in [1.29, 1.82) is 0 Å². The van der Waals surface area contributed by atoms with E-state index in [-0.39, 0.29) is 37.4 Å². The van der Waals surface area contributed by atoms with Gasteiger partial charge in [0.15, 0.2) is 0 Å². The van der Waals surface area contributed by atoms with Gasteiger partial charge in [0.1, 0.15) is 6.61 Å². The van der Waals surface area contributed by atoms with Crippen LogP contribution in [0.2, 0.25) is 0 Å². The van der Waals surface area contributed by atoms with Crippen molar-refractivity contribution in [1.82, 2.24) is 10.2 Å². The summed E-state index contributed by atoms with van der Waals surface area (Å²) in [4.78, 5) is 39.1. The van der Waals surface area contributed by atoms with Crippen molar-refractivity contribution in [3.8, 4) is 11.1 Å². The number of carbonyl (C=O) groups excluding carboxylic acids is 2. The van der Waals surface area contributed by atoms with Crippen LogP contribution in [0.4, 0.5) is 4.79 Å². The molecule has 0 bridgehead atoms. The number of amides is 2. The third-order valence-corrected chi connectivity index (χ3v) is 8.06. The average Bonchev–Trinajstić information content (AvgIpc) is 3.15. The van der Waals surface area contributed by atoms with Crippen LogP contribution in [0.1, 0.15) is 62.5 Å². The molecule has 1 saturated carbocycles. The number of hydrogen-bond acceptors (Lipinski definition) is 4. The van der Waals surface area contributed by atoms with Gasteiger partial charge in [-0.25, -0.2) is 4.79 Å². The van der Waals surface area contributed by atoms with E-state index in [1.807, 2.05) is 31.2 Å². The van der Waals surface area contributed by atoms with E-state index in [1.165, 1.54) is 11.1 Å². The van der Waals surface area contributed by atoms with Crippen LogP contribution in [-0.2, 0) is 14.3 Å². The summed E-state index contributed by atoms with van der Waals surface area (Å²) < 4.78 is 5.72. The van der Waals surface area contributed by atoms with Crippen LogP contribution in [0, 0.1) is 5.92 Å². The van der Waals surface area contributed by atoms with Crippen molar-refractivity contribution in [3.05, 3.63) is 59.7 Å². The Labute approximate surface area is 205 Å². The fraction of sp³-hybridized carbons (Fsp3) is 0.464. The molecule has 0 radical (unpaired) electrons. The van der Waals surface area contributed by atoms with E-state index in [2.05, 4.69) is 29.6 Å². The predicted molar refractivity (Wildman–Crippen MR) is 131 cm³/mol. The highest BCUT2D eigenvalue weighted by Gasteiger charge is 2.43. The molecule has 2 atom stereocenters. The molecule has 184 valence electrons. The van der Waals surface area contributed by atoms with E-state index in [0.29, 0.717) is 25.7 Å². The Morgan fingerprint density at radius 2 is 1.66 bits per heavy atom. The highest BCUT2D eigenvalue weighted by Crippen LogP contribution is 2.44. The van der Waals surface area contributed by atoms with Crippen LogP contribution in [0.5, 0.6) is 0 Å². The Hall–Kier alpha value is -3.35. The SMILES string of the molecule is CC1CCC(C(=O)O)CN1C(=O)CC1(NC(=O)OCC2c3ccccc3-c3ccccc32)CCC1. The molecule has 7 nitrogen and oxygen atoms in total. The zero-order valence-corrected chi connectivity index (χ0v) is 20.0. The summed E-state index contributed by atoms with van der Waals surface area (Å²) in [6, 6.07) is 16.4. The summed E-state index contributed by atoms with van der Waals surface area (Å²) in [5, 5.41) is 12.4. The minimum absolute atomic E-state index is 0.00433. The van der Waals surface area contributed by atoms with Crippen LogP contribution >= 0.6 is 0 Å². The summed E-state index contributed by atoms with van der Waals surface area (Å²) in [5.74, 6) is -1.50. The number of rotatable bonds is 6. The van der Waals surface area contributed by atoms with E-state index in [0.717, 1.165) is 17.5 Å². The lowest BCUT2D eigenvalue weighted by molar-refractivity contribution is -0.147. The number of alkyl carbamates (subject to hydrolysis) is 1. The van der Waals surface area contributed by atoms with E-state index in [4.69, 9.17) is 4.74 Å². The van der Waals surface area contributed by atoms with Crippen molar-refractivity contribution >= 4 is 18.0 Å². The quantitative estimate of drug-likeness (QED) is 0.638. The van der Waals surface area contributed by atoms with Gasteiger partial charge in [0, 0.05) is 18.5 Å². The summed E-state index contributed by atoms with van der Waals surface area (Å²) in [6.45, 7) is 2.42. The largest absolute Gasteiger partial charge is 0.481 e. The van der Waals surface area contributed by atoms with Crippen molar-refractivity contribution in [3.63, 3.8) is 0 Å². The standard InChI is InChI=1S/C28H32N2O5/c1-18-11-12-19(26(32)33)16-30(18)25(31)15-28(13-6-14-28)29-27(34)35-17-24-22-9-4-2-7-20(22)21-8-3-5-10-23(21)24/h2-5,7-10,18-19,24H,6,11-17H2,1H3,(H,29,34)(H,32,33). The molecule has 2 aromatic rings. The third-order valence-electron chi connectivity index (χ3n) is 8.06. The van der Waals surface area contributed by atoms with Gasteiger partial charge < -0.3 is 20.1 Å². The van der Waals surface area contributed by atoms with Gasteiger partial charge in [0.2, 0.25) is 5.91 Å². The molecule has 0 spiro atoms. The number of ether oxygens (including phenoxy) is 1. The number of carboxylic acids is 1. The third kappa shape index (κ3) is 4.51. The molecule has 2 amide bonds. The van der Waals surface area contributed by atoms with Crippen molar-refractivity contribution in [2.24, 2.45) is 5.92 Å². The Kier molecular flexibility index (Phi) is 6.26.